The molecule has 174 valence electrons. The first-order valence-corrected chi connectivity index (χ1v) is 10.2. The molecule has 32 heavy (non-hydrogen) atoms. The Balaban J connectivity index is 0.000000433. The minimum absolute atomic E-state index is 0.0416. The molecule has 0 aliphatic heterocycles. The van der Waals surface area contributed by atoms with Crippen molar-refractivity contribution >= 4 is 18.0 Å². The molecule has 0 aromatic heterocycles. The van der Waals surface area contributed by atoms with E-state index in [4.69, 9.17) is 16.6 Å². The average molecular weight is 446 g/mol. The first-order chi connectivity index (χ1) is 15.3. The van der Waals surface area contributed by atoms with Gasteiger partial charge in [-0.3, -0.25) is 9.69 Å². The van der Waals surface area contributed by atoms with Crippen LogP contribution in [0.3, 0.4) is 0 Å². The van der Waals surface area contributed by atoms with E-state index < -0.39 is 30.1 Å². The third-order valence-electron chi connectivity index (χ3n) is 4.66. The zero-order valence-corrected chi connectivity index (χ0v) is 17.8. The smallest absolute Gasteiger partial charge is 0.408 e. The van der Waals surface area contributed by atoms with E-state index in [1.165, 1.54) is 0 Å². The Morgan fingerprint density at radius 3 is 1.78 bits per heavy atom. The van der Waals surface area contributed by atoms with E-state index in [1.807, 2.05) is 12.1 Å². The number of nitrogens with two attached hydrogens (primary N) is 2. The molecule has 0 radical (unpaired) electrons. The van der Waals surface area contributed by atoms with Crippen LogP contribution in [0.2, 0.25) is 0 Å². The summed E-state index contributed by atoms with van der Waals surface area (Å²) in [6.45, 7) is 0.645. The van der Waals surface area contributed by atoms with Gasteiger partial charge in [0.1, 0.15) is 12.1 Å². The van der Waals surface area contributed by atoms with Crippen molar-refractivity contribution in [2.24, 2.45) is 11.5 Å². The van der Waals surface area contributed by atoms with Gasteiger partial charge in [0.25, 0.3) is 0 Å². The minimum atomic E-state index is -1.24. The fraction of sp³-hybridized carbons (Fsp3) is 0.348. The van der Waals surface area contributed by atoms with Crippen molar-refractivity contribution in [3.8, 4) is 0 Å². The van der Waals surface area contributed by atoms with Crippen LogP contribution >= 0.6 is 0 Å². The highest BCUT2D eigenvalue weighted by Crippen LogP contribution is 2.14. The fourth-order valence-corrected chi connectivity index (χ4v) is 2.89. The number of hydrogen-bond acceptors (Lipinski definition) is 5. The van der Waals surface area contributed by atoms with Crippen LogP contribution < -0.4 is 11.5 Å². The van der Waals surface area contributed by atoms with Gasteiger partial charge in [-0.15, -0.1) is 0 Å². The van der Waals surface area contributed by atoms with Crippen molar-refractivity contribution in [2.45, 2.75) is 44.3 Å². The summed E-state index contributed by atoms with van der Waals surface area (Å²) in [5.74, 6) is -2.08. The minimum Gasteiger partial charge on any atom is -0.480 e. The summed E-state index contributed by atoms with van der Waals surface area (Å²) in [7, 11) is 0. The number of nitrogens with zero attached hydrogens (tertiary/aromatic N) is 1. The summed E-state index contributed by atoms with van der Waals surface area (Å²) in [6.07, 6.45) is 1.06. The lowest BCUT2D eigenvalue weighted by Gasteiger charge is -2.26. The molecule has 0 aliphatic rings. The molecule has 0 saturated heterocycles. The molecule has 7 N–H and O–H groups in total. The van der Waals surface area contributed by atoms with Crippen molar-refractivity contribution in [1.29, 1.82) is 0 Å². The van der Waals surface area contributed by atoms with Crippen LogP contribution in [0.5, 0.6) is 0 Å². The zero-order valence-electron chi connectivity index (χ0n) is 17.8. The van der Waals surface area contributed by atoms with E-state index >= 15 is 0 Å². The molecule has 0 saturated carbocycles. The molecule has 0 heterocycles. The van der Waals surface area contributed by atoms with Crippen LogP contribution in [0.4, 0.5) is 4.79 Å². The van der Waals surface area contributed by atoms with Gasteiger partial charge in [0.15, 0.2) is 0 Å². The van der Waals surface area contributed by atoms with Crippen molar-refractivity contribution in [2.75, 3.05) is 6.54 Å². The molecule has 0 aliphatic carbocycles. The zero-order chi connectivity index (χ0) is 23.9. The van der Waals surface area contributed by atoms with Crippen LogP contribution in [-0.4, -0.2) is 56.9 Å². The standard InChI is InChI=1S/C17H17NO4.C6H14N2O2/c19-16(20)15(11-13-7-3-1-4-8-13)18(17(21)22)12-14-9-5-2-6-10-14;7-4-2-1-3-5(8)6(9)10/h1-10,15H,11-12H2,(H,19,20)(H,21,22);5H,1-4,7-8H2,(H,9,10)/t15-;5-/m00/s1. The molecular formula is C23H31N3O6. The van der Waals surface area contributed by atoms with Gasteiger partial charge in [0, 0.05) is 13.0 Å². The maximum Gasteiger partial charge on any atom is 0.408 e. The topological polar surface area (TPSA) is 167 Å². The van der Waals surface area contributed by atoms with Gasteiger partial charge in [-0.2, -0.15) is 0 Å². The van der Waals surface area contributed by atoms with Crippen LogP contribution in [0.15, 0.2) is 60.7 Å². The number of unbranched alkanes of at least 4 members (excludes halogenated alkanes) is 1. The molecule has 9 heteroatoms. The van der Waals surface area contributed by atoms with Gasteiger partial charge in [-0.05, 0) is 30.5 Å². The first-order valence-electron chi connectivity index (χ1n) is 10.2. The number of carboxylic acids is 2. The lowest BCUT2D eigenvalue weighted by atomic mass is 10.0. The molecule has 0 bridgehead atoms. The Bertz CT molecular complexity index is 775. The Morgan fingerprint density at radius 1 is 0.812 bits per heavy atom. The van der Waals surface area contributed by atoms with E-state index in [0.717, 1.165) is 28.9 Å². The summed E-state index contributed by atoms with van der Waals surface area (Å²) in [6, 6.07) is 16.1. The van der Waals surface area contributed by atoms with E-state index in [9.17, 15) is 24.6 Å². The molecule has 0 unspecified atom stereocenters. The number of amides is 1. The second-order valence-corrected chi connectivity index (χ2v) is 7.17. The Hall–Kier alpha value is -3.43. The lowest BCUT2D eigenvalue weighted by molar-refractivity contribution is -0.143. The molecular weight excluding hydrogens is 414 g/mol. The van der Waals surface area contributed by atoms with Gasteiger partial charge in [0.2, 0.25) is 0 Å². The summed E-state index contributed by atoms with van der Waals surface area (Å²) in [4.78, 5) is 34.1. The van der Waals surface area contributed by atoms with Crippen molar-refractivity contribution < 1.29 is 29.7 Å². The predicted molar refractivity (Wildman–Crippen MR) is 120 cm³/mol. The Labute approximate surface area is 187 Å². The van der Waals surface area contributed by atoms with Crippen LogP contribution in [0.25, 0.3) is 0 Å². The summed E-state index contributed by atoms with van der Waals surface area (Å²) in [5, 5.41) is 27.1. The summed E-state index contributed by atoms with van der Waals surface area (Å²) >= 11 is 0. The number of carbonyl (C=O) groups is 3. The summed E-state index contributed by atoms with van der Waals surface area (Å²) < 4.78 is 0. The molecule has 0 spiro atoms. The van der Waals surface area contributed by atoms with Crippen molar-refractivity contribution in [1.82, 2.24) is 4.90 Å². The second kappa shape index (κ2) is 14.6. The maximum absolute atomic E-state index is 11.5. The SMILES string of the molecule is NCCCC[C@H](N)C(=O)O.O=C(O)[C@H](Cc1ccccc1)N(Cc1ccccc1)C(=O)O. The number of hydrogen-bond donors (Lipinski definition) is 5. The van der Waals surface area contributed by atoms with E-state index in [-0.39, 0.29) is 13.0 Å². The monoisotopic (exact) mass is 445 g/mol. The molecule has 1 amide bonds. The normalized spacial score (nSPS) is 12.1. The van der Waals surface area contributed by atoms with E-state index in [1.54, 1.807) is 48.5 Å². The van der Waals surface area contributed by atoms with Crippen molar-refractivity contribution in [3.63, 3.8) is 0 Å². The number of carboxylic acid groups (broad SMARTS) is 3. The number of rotatable bonds is 11. The highest BCUT2D eigenvalue weighted by atomic mass is 16.4. The largest absolute Gasteiger partial charge is 0.480 e. The molecule has 9 nitrogen and oxygen atoms in total. The third-order valence-corrected chi connectivity index (χ3v) is 4.66. The fourth-order valence-electron chi connectivity index (χ4n) is 2.89. The molecule has 0 fully saturated rings. The maximum atomic E-state index is 11.5. The van der Waals surface area contributed by atoms with Crippen molar-refractivity contribution in [3.05, 3.63) is 71.8 Å². The number of aliphatic carboxylic acids is 2. The van der Waals surface area contributed by atoms with E-state index in [2.05, 4.69) is 0 Å². The van der Waals surface area contributed by atoms with Crippen LogP contribution in [0, 0.1) is 0 Å². The second-order valence-electron chi connectivity index (χ2n) is 7.17. The molecule has 2 rings (SSSR count). The van der Waals surface area contributed by atoms with E-state index in [0.29, 0.717) is 13.0 Å². The first kappa shape index (κ1) is 26.6. The van der Waals surface area contributed by atoms with Gasteiger partial charge in [0.05, 0.1) is 0 Å². The highest BCUT2D eigenvalue weighted by molar-refractivity contribution is 5.79. The van der Waals surface area contributed by atoms with Crippen LogP contribution in [0.1, 0.15) is 30.4 Å². The quantitative estimate of drug-likeness (QED) is 0.329. The van der Waals surface area contributed by atoms with Gasteiger partial charge < -0.3 is 26.8 Å². The molecule has 2 aromatic rings. The Kier molecular flexibility index (Phi) is 12.1. The van der Waals surface area contributed by atoms with Gasteiger partial charge in [-0.1, -0.05) is 67.1 Å². The average Bonchev–Trinajstić information content (AvgIpc) is 2.77. The number of benzene rings is 2. The molecule has 2 aromatic carbocycles. The van der Waals surface area contributed by atoms with Crippen LogP contribution in [-0.2, 0) is 22.6 Å². The molecule has 2 atom stereocenters. The summed E-state index contributed by atoms with van der Waals surface area (Å²) in [5.41, 5.74) is 12.0. The highest BCUT2D eigenvalue weighted by Gasteiger charge is 2.29. The predicted octanol–water partition coefficient (Wildman–Crippen LogP) is 2.39. The third kappa shape index (κ3) is 10.1. The lowest BCUT2D eigenvalue weighted by Crippen LogP contribution is -2.45. The van der Waals surface area contributed by atoms with Gasteiger partial charge >= 0.3 is 18.0 Å². The Morgan fingerprint density at radius 2 is 1.34 bits per heavy atom. The van der Waals surface area contributed by atoms with Gasteiger partial charge in [-0.25, -0.2) is 9.59 Å².